The molecule has 198 valence electrons. The molecule has 2 aliphatic heterocycles. The van der Waals surface area contributed by atoms with Crippen molar-refractivity contribution in [3.05, 3.63) is 65.9 Å². The molecule has 2 bridgehead atoms. The van der Waals surface area contributed by atoms with Gasteiger partial charge >= 0.3 is 0 Å². The number of benzene rings is 1. The van der Waals surface area contributed by atoms with Crippen molar-refractivity contribution in [1.82, 2.24) is 19.2 Å². The molecule has 38 heavy (non-hydrogen) atoms. The van der Waals surface area contributed by atoms with E-state index in [2.05, 4.69) is 26.4 Å². The molecule has 2 aliphatic rings. The number of halogens is 2. The summed E-state index contributed by atoms with van der Waals surface area (Å²) in [5.74, 6) is -2.13. The number of hydrogen-bond acceptors (Lipinski definition) is 5. The lowest BCUT2D eigenvalue weighted by Gasteiger charge is -2.34. The van der Waals surface area contributed by atoms with Gasteiger partial charge in [-0.2, -0.15) is 9.49 Å². The van der Waals surface area contributed by atoms with Gasteiger partial charge in [0.05, 0.1) is 35.3 Å². The molecule has 0 radical (unpaired) electrons. The second-order valence-electron chi connectivity index (χ2n) is 11.2. The van der Waals surface area contributed by atoms with E-state index in [9.17, 15) is 9.18 Å². The minimum atomic E-state index is -0.766. The van der Waals surface area contributed by atoms with E-state index in [1.807, 2.05) is 23.7 Å². The molecule has 2 atom stereocenters. The zero-order chi connectivity index (χ0) is 26.8. The Morgan fingerprint density at radius 2 is 1.87 bits per heavy atom. The van der Waals surface area contributed by atoms with Gasteiger partial charge in [-0.3, -0.25) is 4.79 Å². The largest absolute Gasteiger partial charge is 0.371 e. The summed E-state index contributed by atoms with van der Waals surface area (Å²) < 4.78 is 39.0. The van der Waals surface area contributed by atoms with Crippen LogP contribution in [0.25, 0.3) is 16.8 Å². The average molecular weight is 521 g/mol. The van der Waals surface area contributed by atoms with Gasteiger partial charge < -0.3 is 19.4 Å². The molecule has 0 spiro atoms. The predicted molar refractivity (Wildman–Crippen MR) is 141 cm³/mol. The zero-order valence-electron chi connectivity index (χ0n) is 21.8. The van der Waals surface area contributed by atoms with E-state index in [0.717, 1.165) is 59.3 Å². The molecule has 6 rings (SSSR count). The fourth-order valence-electron chi connectivity index (χ4n) is 5.43. The van der Waals surface area contributed by atoms with E-state index < -0.39 is 23.2 Å². The van der Waals surface area contributed by atoms with Gasteiger partial charge in [0.15, 0.2) is 5.65 Å². The van der Waals surface area contributed by atoms with E-state index >= 15 is 4.39 Å². The maximum absolute atomic E-state index is 15.0. The van der Waals surface area contributed by atoms with Crippen molar-refractivity contribution in [1.29, 1.82) is 0 Å². The first-order valence-electron chi connectivity index (χ1n) is 12.8. The Labute approximate surface area is 219 Å². The van der Waals surface area contributed by atoms with Gasteiger partial charge in [0.1, 0.15) is 11.4 Å². The first kappa shape index (κ1) is 24.5. The molecule has 5 heterocycles. The van der Waals surface area contributed by atoms with Crippen LogP contribution in [0, 0.1) is 18.7 Å². The van der Waals surface area contributed by atoms with Crippen LogP contribution >= 0.6 is 0 Å². The van der Waals surface area contributed by atoms with Crippen LogP contribution in [0.3, 0.4) is 0 Å². The van der Waals surface area contributed by atoms with Crippen LogP contribution in [-0.2, 0) is 10.3 Å². The normalized spacial score (nSPS) is 19.4. The summed E-state index contributed by atoms with van der Waals surface area (Å²) >= 11 is 0. The Bertz CT molecular complexity index is 1540. The molecule has 0 saturated carbocycles. The van der Waals surface area contributed by atoms with Crippen LogP contribution in [0.4, 0.5) is 20.2 Å². The van der Waals surface area contributed by atoms with Gasteiger partial charge in [0.2, 0.25) is 5.95 Å². The Hall–Kier alpha value is -3.79. The van der Waals surface area contributed by atoms with Crippen molar-refractivity contribution < 1.29 is 18.3 Å². The molecular formula is C28H30F2N6O2. The molecule has 1 N–H and O–H groups in total. The van der Waals surface area contributed by atoms with Gasteiger partial charge in [-0.05, 0) is 69.9 Å². The molecule has 8 nitrogen and oxygen atoms in total. The standard InChI is InChI=1S/C28H30F2N6O2/c1-16-9-22(29)23(33-27(37)21-12-32-36(25(21)30)28(2,3)4)11-20(16)17-10-24(26-31-7-8-34(26)13-17)35-14-18-5-6-19(15-35)38-18/h7-13,18-19H,5-6,14-15H2,1-4H3,(H,33,37). The van der Waals surface area contributed by atoms with Crippen LogP contribution in [-0.4, -0.2) is 50.4 Å². The third-order valence-corrected chi connectivity index (χ3v) is 7.32. The highest BCUT2D eigenvalue weighted by atomic mass is 19.1. The predicted octanol–water partition coefficient (Wildman–Crippen LogP) is 5.16. The van der Waals surface area contributed by atoms with E-state index in [1.165, 1.54) is 6.07 Å². The van der Waals surface area contributed by atoms with Gasteiger partial charge in [0.25, 0.3) is 5.91 Å². The molecule has 1 amide bonds. The number of rotatable bonds is 4. The monoisotopic (exact) mass is 520 g/mol. The molecule has 2 unspecified atom stereocenters. The molecule has 3 aromatic heterocycles. The lowest BCUT2D eigenvalue weighted by Crippen LogP contribution is -2.42. The van der Waals surface area contributed by atoms with E-state index in [1.54, 1.807) is 33.0 Å². The van der Waals surface area contributed by atoms with Gasteiger partial charge in [-0.25, -0.2) is 14.1 Å². The van der Waals surface area contributed by atoms with Gasteiger partial charge in [-0.1, -0.05) is 0 Å². The van der Waals surface area contributed by atoms with Gasteiger partial charge in [-0.15, -0.1) is 0 Å². The number of nitrogens with one attached hydrogen (secondary N) is 1. The van der Waals surface area contributed by atoms with Crippen LogP contribution in [0.2, 0.25) is 0 Å². The Morgan fingerprint density at radius 3 is 2.55 bits per heavy atom. The summed E-state index contributed by atoms with van der Waals surface area (Å²) in [6, 6.07) is 5.04. The maximum atomic E-state index is 15.0. The quantitative estimate of drug-likeness (QED) is 0.402. The van der Waals surface area contributed by atoms with E-state index in [4.69, 9.17) is 4.74 Å². The summed E-state index contributed by atoms with van der Waals surface area (Å²) in [6.07, 6.45) is 9.29. The molecule has 2 fully saturated rings. The number of morpholine rings is 1. The van der Waals surface area contributed by atoms with E-state index in [-0.39, 0.29) is 23.5 Å². The highest BCUT2D eigenvalue weighted by molar-refractivity contribution is 6.04. The Balaban J connectivity index is 1.36. The molecule has 10 heteroatoms. The van der Waals surface area contributed by atoms with E-state index in [0.29, 0.717) is 5.56 Å². The Kier molecular flexibility index (Phi) is 5.75. The van der Waals surface area contributed by atoms with Gasteiger partial charge in [0, 0.05) is 37.2 Å². The van der Waals surface area contributed by atoms with Crippen LogP contribution in [0.1, 0.15) is 49.5 Å². The summed E-state index contributed by atoms with van der Waals surface area (Å²) in [5, 5.41) is 6.56. The number of imidazole rings is 1. The lowest BCUT2D eigenvalue weighted by atomic mass is 10.00. The first-order valence-corrected chi connectivity index (χ1v) is 12.8. The number of aromatic nitrogens is 4. The number of nitrogens with zero attached hydrogens (tertiary/aromatic N) is 5. The average Bonchev–Trinajstić information content (AvgIpc) is 3.57. The second-order valence-corrected chi connectivity index (χ2v) is 11.2. The van der Waals surface area contributed by atoms with Crippen molar-refractivity contribution >= 4 is 22.9 Å². The van der Waals surface area contributed by atoms with Crippen LogP contribution in [0.15, 0.2) is 43.0 Å². The molecular weight excluding hydrogens is 490 g/mol. The number of pyridine rings is 1. The second kappa shape index (κ2) is 8.90. The number of carbonyl (C=O) groups excluding carboxylic acids is 1. The number of amides is 1. The topological polar surface area (TPSA) is 76.7 Å². The number of carbonyl (C=O) groups is 1. The highest BCUT2D eigenvalue weighted by Gasteiger charge is 2.35. The summed E-state index contributed by atoms with van der Waals surface area (Å²) in [5.41, 5.74) is 3.22. The number of ether oxygens (including phenoxy) is 1. The Morgan fingerprint density at radius 1 is 1.13 bits per heavy atom. The SMILES string of the molecule is Cc1cc(F)c(NC(=O)c2cnn(C(C)(C)C)c2F)cc1-c1cc(N2CC3CCC(C2)O3)c2nccn2c1. The number of hydrogen-bond donors (Lipinski definition) is 1. The third-order valence-electron chi connectivity index (χ3n) is 7.32. The van der Waals surface area contributed by atoms with Crippen molar-refractivity contribution in [2.24, 2.45) is 0 Å². The lowest BCUT2D eigenvalue weighted by molar-refractivity contribution is 0.0305. The minimum absolute atomic E-state index is 0.0322. The summed E-state index contributed by atoms with van der Waals surface area (Å²) in [4.78, 5) is 19.8. The molecule has 0 aliphatic carbocycles. The third kappa shape index (κ3) is 4.22. The number of anilines is 2. The zero-order valence-corrected chi connectivity index (χ0v) is 21.8. The number of fused-ring (bicyclic) bond motifs is 3. The highest BCUT2D eigenvalue weighted by Crippen LogP contribution is 2.36. The smallest absolute Gasteiger partial charge is 0.262 e. The first-order chi connectivity index (χ1) is 18.1. The van der Waals surface area contributed by atoms with Crippen LogP contribution < -0.4 is 10.2 Å². The fraction of sp³-hybridized carbons (Fsp3) is 0.393. The number of aryl methyl sites for hydroxylation is 1. The van der Waals surface area contributed by atoms with Crippen molar-refractivity contribution in [3.63, 3.8) is 0 Å². The summed E-state index contributed by atoms with van der Waals surface area (Å²) in [7, 11) is 0. The summed E-state index contributed by atoms with van der Waals surface area (Å²) in [6.45, 7) is 8.75. The van der Waals surface area contributed by atoms with Crippen LogP contribution in [0.5, 0.6) is 0 Å². The van der Waals surface area contributed by atoms with Crippen molar-refractivity contribution in [2.45, 2.75) is 58.3 Å². The van der Waals surface area contributed by atoms with Crippen molar-refractivity contribution in [2.75, 3.05) is 23.3 Å². The van der Waals surface area contributed by atoms with Crippen molar-refractivity contribution in [3.8, 4) is 11.1 Å². The minimum Gasteiger partial charge on any atom is -0.371 e. The molecule has 2 saturated heterocycles. The molecule has 4 aromatic rings. The molecule has 1 aromatic carbocycles. The maximum Gasteiger partial charge on any atom is 0.262 e. The fourth-order valence-corrected chi connectivity index (χ4v) is 5.43.